The van der Waals surface area contributed by atoms with Crippen molar-refractivity contribution in [2.75, 3.05) is 30.3 Å². The first-order valence-corrected chi connectivity index (χ1v) is 6.75. The summed E-state index contributed by atoms with van der Waals surface area (Å²) in [7, 11) is -0.683. The number of hydrogen-bond acceptors (Lipinski definition) is 3. The molecule has 3 nitrogen and oxygen atoms in total. The molecule has 5 heteroatoms. The number of nitrogen functional groups attached to an aromatic ring is 1. The molecule has 0 saturated carbocycles. The Bertz CT molecular complexity index is 401. The molecule has 2 N–H and O–H groups in total. The van der Waals surface area contributed by atoms with Crippen LogP contribution >= 0.6 is 0 Å². The third kappa shape index (κ3) is 2.80. The third-order valence-corrected chi connectivity index (χ3v) is 4.02. The van der Waals surface area contributed by atoms with Crippen LogP contribution in [0, 0.1) is 5.82 Å². The predicted octanol–water partition coefficient (Wildman–Crippen LogP) is 0.972. The van der Waals surface area contributed by atoms with E-state index in [-0.39, 0.29) is 5.82 Å². The predicted molar refractivity (Wildman–Crippen MR) is 64.0 cm³/mol. The Labute approximate surface area is 96.9 Å². The normalized spacial score (nSPS) is 18.8. The van der Waals surface area contributed by atoms with Crippen LogP contribution in [0.3, 0.4) is 0 Å². The number of benzene rings is 1. The largest absolute Gasteiger partial charge is 0.399 e. The van der Waals surface area contributed by atoms with Crippen LogP contribution in [0.4, 0.5) is 10.1 Å². The van der Waals surface area contributed by atoms with Crippen LogP contribution in [0.15, 0.2) is 18.2 Å². The molecule has 88 valence electrons. The maximum atomic E-state index is 13.5. The van der Waals surface area contributed by atoms with E-state index in [1.165, 1.54) is 6.07 Å². The monoisotopic (exact) mass is 242 g/mol. The van der Waals surface area contributed by atoms with Crippen molar-refractivity contribution in [2.45, 2.75) is 6.54 Å². The lowest BCUT2D eigenvalue weighted by atomic mass is 10.2. The molecular weight excluding hydrogens is 227 g/mol. The van der Waals surface area contributed by atoms with E-state index in [0.717, 1.165) is 13.1 Å². The van der Waals surface area contributed by atoms with Crippen molar-refractivity contribution in [3.05, 3.63) is 29.6 Å². The molecule has 1 aromatic carbocycles. The maximum Gasteiger partial charge on any atom is 0.129 e. The van der Waals surface area contributed by atoms with Crippen LogP contribution < -0.4 is 5.73 Å². The number of hydrogen-bond donors (Lipinski definition) is 1. The van der Waals surface area contributed by atoms with Crippen LogP contribution in [0.2, 0.25) is 0 Å². The molecule has 0 atom stereocenters. The molecule has 0 aliphatic carbocycles. The van der Waals surface area contributed by atoms with Crippen LogP contribution in [0.1, 0.15) is 5.56 Å². The van der Waals surface area contributed by atoms with E-state index in [4.69, 9.17) is 5.73 Å². The molecule has 2 rings (SSSR count). The van der Waals surface area contributed by atoms with E-state index in [2.05, 4.69) is 4.90 Å². The fourth-order valence-corrected chi connectivity index (χ4v) is 2.89. The van der Waals surface area contributed by atoms with Crippen molar-refractivity contribution in [2.24, 2.45) is 0 Å². The lowest BCUT2D eigenvalue weighted by molar-refractivity contribution is 0.287. The smallest absolute Gasteiger partial charge is 0.129 e. The van der Waals surface area contributed by atoms with Crippen molar-refractivity contribution in [1.82, 2.24) is 4.90 Å². The summed E-state index contributed by atoms with van der Waals surface area (Å²) in [6.45, 7) is 2.12. The SMILES string of the molecule is Nc1ccc(CN2CCS(=O)CC2)c(F)c1. The van der Waals surface area contributed by atoms with Gasteiger partial charge in [0.1, 0.15) is 5.82 Å². The average molecular weight is 242 g/mol. The fraction of sp³-hybridized carbons (Fsp3) is 0.455. The van der Waals surface area contributed by atoms with Gasteiger partial charge in [-0.25, -0.2) is 4.39 Å². The zero-order chi connectivity index (χ0) is 11.5. The molecule has 0 amide bonds. The number of anilines is 1. The van der Waals surface area contributed by atoms with E-state index in [9.17, 15) is 8.60 Å². The van der Waals surface area contributed by atoms with Crippen LogP contribution in [-0.2, 0) is 17.3 Å². The van der Waals surface area contributed by atoms with E-state index < -0.39 is 10.8 Å². The Morgan fingerprint density at radius 3 is 2.69 bits per heavy atom. The molecule has 0 spiro atoms. The second-order valence-electron chi connectivity index (χ2n) is 3.98. The number of nitrogens with zero attached hydrogens (tertiary/aromatic N) is 1. The standard InChI is InChI=1S/C11H15FN2OS/c12-11-7-10(13)2-1-9(11)8-14-3-5-16(15)6-4-14/h1-2,7H,3-6,8,13H2. The van der Waals surface area contributed by atoms with Crippen LogP contribution in [0.5, 0.6) is 0 Å². The summed E-state index contributed by atoms with van der Waals surface area (Å²) in [6, 6.07) is 4.77. The van der Waals surface area contributed by atoms with Crippen molar-refractivity contribution in [3.63, 3.8) is 0 Å². The summed E-state index contributed by atoms with van der Waals surface area (Å²) in [5, 5.41) is 0. The van der Waals surface area contributed by atoms with E-state index in [0.29, 0.717) is 29.3 Å². The molecule has 0 radical (unpaired) electrons. The highest BCUT2D eigenvalue weighted by atomic mass is 32.2. The van der Waals surface area contributed by atoms with Crippen LogP contribution in [-0.4, -0.2) is 33.7 Å². The Hall–Kier alpha value is -0.940. The highest BCUT2D eigenvalue weighted by Crippen LogP contribution is 2.15. The van der Waals surface area contributed by atoms with Gasteiger partial charge in [0.15, 0.2) is 0 Å². The Morgan fingerprint density at radius 2 is 2.06 bits per heavy atom. The summed E-state index contributed by atoms with van der Waals surface area (Å²) in [5.74, 6) is 1.12. The lowest BCUT2D eigenvalue weighted by Crippen LogP contribution is -2.37. The summed E-state index contributed by atoms with van der Waals surface area (Å²) < 4.78 is 24.7. The first-order chi connectivity index (χ1) is 7.65. The van der Waals surface area contributed by atoms with Gasteiger partial charge in [-0.05, 0) is 12.1 Å². The number of nitrogens with two attached hydrogens (primary N) is 1. The molecule has 1 saturated heterocycles. The van der Waals surface area contributed by atoms with Gasteiger partial charge in [-0.3, -0.25) is 9.11 Å². The molecule has 0 unspecified atom stereocenters. The quantitative estimate of drug-likeness (QED) is 0.786. The molecule has 16 heavy (non-hydrogen) atoms. The van der Waals surface area contributed by atoms with Crippen molar-refractivity contribution < 1.29 is 8.60 Å². The molecule has 1 aliphatic heterocycles. The minimum atomic E-state index is -0.683. The van der Waals surface area contributed by atoms with Gasteiger partial charge in [0.25, 0.3) is 0 Å². The van der Waals surface area contributed by atoms with Crippen molar-refractivity contribution >= 4 is 16.5 Å². The zero-order valence-electron chi connectivity index (χ0n) is 8.99. The van der Waals surface area contributed by atoms with Gasteiger partial charge in [0.2, 0.25) is 0 Å². The first-order valence-electron chi connectivity index (χ1n) is 5.26. The summed E-state index contributed by atoms with van der Waals surface area (Å²) >= 11 is 0. The summed E-state index contributed by atoms with van der Waals surface area (Å²) in [5.41, 5.74) is 6.58. The van der Waals surface area contributed by atoms with Gasteiger partial charge in [-0.2, -0.15) is 0 Å². The van der Waals surface area contributed by atoms with Gasteiger partial charge in [0, 0.05) is 53.2 Å². The highest BCUT2D eigenvalue weighted by molar-refractivity contribution is 7.85. The topological polar surface area (TPSA) is 46.3 Å². The Morgan fingerprint density at radius 1 is 1.38 bits per heavy atom. The second-order valence-corrected chi connectivity index (χ2v) is 5.67. The van der Waals surface area contributed by atoms with E-state index >= 15 is 0 Å². The van der Waals surface area contributed by atoms with E-state index in [1.54, 1.807) is 12.1 Å². The molecule has 0 bridgehead atoms. The Balaban J connectivity index is 2.01. The van der Waals surface area contributed by atoms with Gasteiger partial charge in [0.05, 0.1) is 0 Å². The number of halogens is 1. The molecular formula is C11H15FN2OS. The van der Waals surface area contributed by atoms with Gasteiger partial charge >= 0.3 is 0 Å². The minimum absolute atomic E-state index is 0.258. The lowest BCUT2D eigenvalue weighted by Gasteiger charge is -2.26. The molecule has 1 fully saturated rings. The molecule has 1 heterocycles. The maximum absolute atomic E-state index is 13.5. The van der Waals surface area contributed by atoms with E-state index in [1.807, 2.05) is 0 Å². The summed E-state index contributed by atoms with van der Waals surface area (Å²) in [6.07, 6.45) is 0. The molecule has 1 aliphatic rings. The van der Waals surface area contributed by atoms with Gasteiger partial charge in [-0.15, -0.1) is 0 Å². The Kier molecular flexibility index (Phi) is 3.56. The third-order valence-electron chi connectivity index (χ3n) is 2.74. The summed E-state index contributed by atoms with van der Waals surface area (Å²) in [4.78, 5) is 2.12. The van der Waals surface area contributed by atoms with Crippen LogP contribution in [0.25, 0.3) is 0 Å². The van der Waals surface area contributed by atoms with Crippen molar-refractivity contribution in [3.8, 4) is 0 Å². The molecule has 1 aromatic rings. The molecule has 0 aromatic heterocycles. The van der Waals surface area contributed by atoms with Gasteiger partial charge in [-0.1, -0.05) is 6.07 Å². The van der Waals surface area contributed by atoms with Crippen molar-refractivity contribution in [1.29, 1.82) is 0 Å². The number of rotatable bonds is 2. The fourth-order valence-electron chi connectivity index (χ4n) is 1.77. The highest BCUT2D eigenvalue weighted by Gasteiger charge is 2.16. The minimum Gasteiger partial charge on any atom is -0.399 e. The van der Waals surface area contributed by atoms with Gasteiger partial charge < -0.3 is 5.73 Å². The second kappa shape index (κ2) is 4.93. The first kappa shape index (κ1) is 11.5. The average Bonchev–Trinajstić information content (AvgIpc) is 2.25. The zero-order valence-corrected chi connectivity index (χ0v) is 9.80.